The summed E-state index contributed by atoms with van der Waals surface area (Å²) in [6.07, 6.45) is 1.23. The summed E-state index contributed by atoms with van der Waals surface area (Å²) >= 11 is 0. The van der Waals surface area contributed by atoms with E-state index in [4.69, 9.17) is 19.2 Å². The number of hydrogen-bond acceptors (Lipinski definition) is 6. The zero-order valence-electron chi connectivity index (χ0n) is 21.3. The van der Waals surface area contributed by atoms with Gasteiger partial charge in [-0.3, -0.25) is 14.6 Å². The summed E-state index contributed by atoms with van der Waals surface area (Å²) in [4.78, 5) is 31.8. The fourth-order valence-electron chi connectivity index (χ4n) is 5.09. The van der Waals surface area contributed by atoms with Crippen LogP contribution < -0.4 is 9.47 Å². The standard InChI is InChI=1S/C29H32FNO5/c1-6-16(2)36-29(33)26-17(3)31-22-13-20(19-9-12-24(34-4)25(15-19)35-5)14-23(32)28(22)27(26)18-7-10-21(30)11-8-18/h7-12,15-16,20,26-27H,6,13-14H2,1-5H3/t16-,20+,26?,27-/m0/s1. The number of rotatable bonds is 7. The minimum absolute atomic E-state index is 0.0667. The van der Waals surface area contributed by atoms with Crippen molar-refractivity contribution in [2.24, 2.45) is 10.9 Å². The number of methoxy groups -OCH3 is 2. The molecule has 2 aromatic carbocycles. The van der Waals surface area contributed by atoms with Crippen LogP contribution in [0.3, 0.4) is 0 Å². The van der Waals surface area contributed by atoms with Crippen molar-refractivity contribution in [2.45, 2.75) is 58.0 Å². The highest BCUT2D eigenvalue weighted by Crippen LogP contribution is 2.47. The van der Waals surface area contributed by atoms with Gasteiger partial charge in [-0.25, -0.2) is 4.39 Å². The molecule has 0 aromatic heterocycles. The number of ether oxygens (including phenoxy) is 3. The summed E-state index contributed by atoms with van der Waals surface area (Å²) in [6, 6.07) is 11.7. The molecule has 0 fully saturated rings. The molecule has 1 heterocycles. The number of aliphatic imine (C=N–C) groups is 1. The lowest BCUT2D eigenvalue weighted by Crippen LogP contribution is -2.39. The highest BCUT2D eigenvalue weighted by molar-refractivity contribution is 6.09. The second-order valence-corrected chi connectivity index (χ2v) is 9.42. The Kier molecular flexibility index (Phi) is 7.57. The molecular formula is C29H32FNO5. The Morgan fingerprint density at radius 3 is 2.36 bits per heavy atom. The van der Waals surface area contributed by atoms with Gasteiger partial charge in [-0.1, -0.05) is 25.1 Å². The second kappa shape index (κ2) is 10.6. The molecule has 0 saturated heterocycles. The van der Waals surface area contributed by atoms with Crippen molar-refractivity contribution >= 4 is 17.5 Å². The van der Waals surface area contributed by atoms with E-state index >= 15 is 0 Å². The number of ketones is 1. The van der Waals surface area contributed by atoms with E-state index in [9.17, 15) is 14.0 Å². The number of Topliss-reactive ketones (excluding diaryl/α,β-unsaturated/α-hetero) is 1. The first-order chi connectivity index (χ1) is 17.3. The molecule has 36 heavy (non-hydrogen) atoms. The van der Waals surface area contributed by atoms with Gasteiger partial charge >= 0.3 is 5.97 Å². The van der Waals surface area contributed by atoms with Crippen molar-refractivity contribution in [3.05, 3.63) is 70.7 Å². The molecule has 0 spiro atoms. The Bertz CT molecular complexity index is 1220. The van der Waals surface area contributed by atoms with Crippen molar-refractivity contribution < 1.29 is 28.2 Å². The fourth-order valence-corrected chi connectivity index (χ4v) is 5.09. The van der Waals surface area contributed by atoms with E-state index in [1.165, 1.54) is 12.1 Å². The highest BCUT2D eigenvalue weighted by Gasteiger charge is 2.45. The van der Waals surface area contributed by atoms with Crippen molar-refractivity contribution in [3.63, 3.8) is 0 Å². The SMILES string of the molecule is CC[C@H](C)OC(=O)C1C(C)=NC2=C(C(=O)C[C@H](c3ccc(OC)c(OC)c3)C2)[C@H]1c1ccc(F)cc1. The second-order valence-electron chi connectivity index (χ2n) is 9.42. The molecule has 2 aliphatic rings. The largest absolute Gasteiger partial charge is 0.493 e. The van der Waals surface area contributed by atoms with Gasteiger partial charge in [0.15, 0.2) is 17.3 Å². The van der Waals surface area contributed by atoms with Gasteiger partial charge in [0.25, 0.3) is 0 Å². The number of hydrogen-bond donors (Lipinski definition) is 0. The normalized spacial score (nSPS) is 22.4. The van der Waals surface area contributed by atoms with Gasteiger partial charge in [0.1, 0.15) is 11.7 Å². The molecule has 7 heteroatoms. The van der Waals surface area contributed by atoms with Crippen LogP contribution in [0.1, 0.15) is 63.0 Å². The zero-order valence-corrected chi connectivity index (χ0v) is 21.3. The van der Waals surface area contributed by atoms with Crippen LogP contribution in [0.15, 0.2) is 58.7 Å². The zero-order chi connectivity index (χ0) is 26.0. The minimum Gasteiger partial charge on any atom is -0.493 e. The van der Waals surface area contributed by atoms with Crippen LogP contribution in [0, 0.1) is 11.7 Å². The summed E-state index contributed by atoms with van der Waals surface area (Å²) < 4.78 is 30.2. The molecule has 4 rings (SSSR count). The molecule has 1 aliphatic heterocycles. The molecule has 190 valence electrons. The quantitative estimate of drug-likeness (QED) is 0.459. The van der Waals surface area contributed by atoms with E-state index in [1.807, 2.05) is 32.0 Å². The molecule has 0 radical (unpaired) electrons. The lowest BCUT2D eigenvalue weighted by Gasteiger charge is -2.37. The van der Waals surface area contributed by atoms with E-state index < -0.39 is 17.8 Å². The van der Waals surface area contributed by atoms with E-state index in [0.717, 1.165) is 5.56 Å². The van der Waals surface area contributed by atoms with Gasteiger partial charge in [0.2, 0.25) is 0 Å². The Morgan fingerprint density at radius 1 is 1.06 bits per heavy atom. The molecule has 4 atom stereocenters. The molecule has 0 N–H and O–H groups in total. The first-order valence-corrected chi connectivity index (χ1v) is 12.3. The van der Waals surface area contributed by atoms with Gasteiger partial charge in [0, 0.05) is 29.3 Å². The molecule has 1 aliphatic carbocycles. The molecule has 0 saturated carbocycles. The van der Waals surface area contributed by atoms with Gasteiger partial charge in [0.05, 0.1) is 20.3 Å². The average Bonchev–Trinajstić information content (AvgIpc) is 2.87. The van der Waals surface area contributed by atoms with Crippen molar-refractivity contribution in [3.8, 4) is 11.5 Å². The molecule has 1 unspecified atom stereocenters. The highest BCUT2D eigenvalue weighted by atomic mass is 19.1. The Labute approximate surface area is 211 Å². The van der Waals surface area contributed by atoms with Gasteiger partial charge in [-0.05, 0) is 68.0 Å². The number of allylic oxidation sites excluding steroid dienone is 2. The summed E-state index contributed by atoms with van der Waals surface area (Å²) in [7, 11) is 3.16. The Hall–Kier alpha value is -3.48. The van der Waals surface area contributed by atoms with Gasteiger partial charge in [-0.15, -0.1) is 0 Å². The molecule has 6 nitrogen and oxygen atoms in total. The maximum Gasteiger partial charge on any atom is 0.315 e. The molecule has 0 bridgehead atoms. The Morgan fingerprint density at radius 2 is 1.72 bits per heavy atom. The lowest BCUT2D eigenvalue weighted by atomic mass is 9.69. The number of carbonyl (C=O) groups is 2. The number of carbonyl (C=O) groups excluding carboxylic acids is 2. The topological polar surface area (TPSA) is 74.2 Å². The molecular weight excluding hydrogens is 461 g/mol. The molecule has 0 amide bonds. The van der Waals surface area contributed by atoms with Gasteiger partial charge < -0.3 is 14.2 Å². The Balaban J connectivity index is 1.76. The van der Waals surface area contributed by atoms with E-state index in [0.29, 0.717) is 46.9 Å². The number of benzene rings is 2. The first kappa shape index (κ1) is 25.6. The number of esters is 1. The predicted octanol–water partition coefficient (Wildman–Crippen LogP) is 5.76. The van der Waals surface area contributed by atoms with Crippen LogP contribution in [0.25, 0.3) is 0 Å². The van der Waals surface area contributed by atoms with Crippen molar-refractivity contribution in [1.82, 2.24) is 0 Å². The average molecular weight is 494 g/mol. The van der Waals surface area contributed by atoms with E-state index in [-0.39, 0.29) is 30.0 Å². The van der Waals surface area contributed by atoms with Crippen LogP contribution in [0.2, 0.25) is 0 Å². The van der Waals surface area contributed by atoms with Crippen LogP contribution in [-0.2, 0) is 14.3 Å². The lowest BCUT2D eigenvalue weighted by molar-refractivity contribution is -0.151. The van der Waals surface area contributed by atoms with Crippen LogP contribution in [0.4, 0.5) is 4.39 Å². The maximum atomic E-state index is 13.8. The maximum absolute atomic E-state index is 13.8. The van der Waals surface area contributed by atoms with Crippen LogP contribution >= 0.6 is 0 Å². The third kappa shape index (κ3) is 4.92. The first-order valence-electron chi connectivity index (χ1n) is 12.3. The number of nitrogens with zero attached hydrogens (tertiary/aromatic N) is 1. The fraction of sp³-hybridized carbons (Fsp3) is 0.414. The molecule has 2 aromatic rings. The van der Waals surface area contributed by atoms with Crippen molar-refractivity contribution in [1.29, 1.82) is 0 Å². The summed E-state index contributed by atoms with van der Waals surface area (Å²) in [5.74, 6) is -1.06. The van der Waals surface area contributed by atoms with Crippen molar-refractivity contribution in [2.75, 3.05) is 14.2 Å². The third-order valence-corrected chi connectivity index (χ3v) is 7.14. The summed E-state index contributed by atoms with van der Waals surface area (Å²) in [5, 5.41) is 0. The van der Waals surface area contributed by atoms with Crippen LogP contribution in [0.5, 0.6) is 11.5 Å². The predicted molar refractivity (Wildman–Crippen MR) is 135 cm³/mol. The minimum atomic E-state index is -0.746. The van der Waals surface area contributed by atoms with E-state index in [2.05, 4.69) is 0 Å². The summed E-state index contributed by atoms with van der Waals surface area (Å²) in [6.45, 7) is 5.58. The monoisotopic (exact) mass is 493 g/mol. The number of halogens is 1. The van der Waals surface area contributed by atoms with Crippen LogP contribution in [-0.4, -0.2) is 37.8 Å². The third-order valence-electron chi connectivity index (χ3n) is 7.14. The smallest absolute Gasteiger partial charge is 0.315 e. The van der Waals surface area contributed by atoms with E-state index in [1.54, 1.807) is 33.3 Å². The summed E-state index contributed by atoms with van der Waals surface area (Å²) in [5.41, 5.74) is 3.44. The van der Waals surface area contributed by atoms with Gasteiger partial charge in [-0.2, -0.15) is 0 Å².